The molecule has 0 unspecified atom stereocenters. The van der Waals surface area contributed by atoms with E-state index in [2.05, 4.69) is 20.9 Å². The lowest BCUT2D eigenvalue weighted by molar-refractivity contribution is -0.116. The van der Waals surface area contributed by atoms with Crippen LogP contribution in [-0.4, -0.2) is 39.2 Å². The Balaban J connectivity index is 1.59. The van der Waals surface area contributed by atoms with Crippen LogP contribution in [0.3, 0.4) is 0 Å². The molecule has 0 bridgehead atoms. The molecule has 0 spiro atoms. The fourth-order valence-corrected chi connectivity index (χ4v) is 4.63. The molecule has 1 aliphatic rings. The number of hydrogen-bond acceptors (Lipinski definition) is 7. The van der Waals surface area contributed by atoms with Crippen LogP contribution in [0.2, 0.25) is 0 Å². The van der Waals surface area contributed by atoms with Crippen LogP contribution in [0.15, 0.2) is 53.7 Å². The van der Waals surface area contributed by atoms with Crippen molar-refractivity contribution in [1.82, 2.24) is 14.9 Å². The lowest BCUT2D eigenvalue weighted by Gasteiger charge is -2.33. The number of hydrogen-bond donors (Lipinski definition) is 2. The van der Waals surface area contributed by atoms with Gasteiger partial charge in [-0.25, -0.2) is 4.68 Å². The van der Waals surface area contributed by atoms with Crippen LogP contribution in [0.25, 0.3) is 0 Å². The van der Waals surface area contributed by atoms with Crippen LogP contribution in [0.5, 0.6) is 11.5 Å². The van der Waals surface area contributed by atoms with Crippen LogP contribution in [-0.2, 0) is 11.2 Å². The third-order valence-electron chi connectivity index (χ3n) is 5.06. The van der Waals surface area contributed by atoms with Crippen molar-refractivity contribution in [2.45, 2.75) is 43.6 Å². The first-order valence-electron chi connectivity index (χ1n) is 10.8. The van der Waals surface area contributed by atoms with Crippen molar-refractivity contribution in [3.8, 4) is 11.5 Å². The number of benzene rings is 2. The van der Waals surface area contributed by atoms with Gasteiger partial charge in [0.15, 0.2) is 5.82 Å². The van der Waals surface area contributed by atoms with Crippen molar-refractivity contribution < 1.29 is 14.3 Å². The van der Waals surface area contributed by atoms with Gasteiger partial charge >= 0.3 is 0 Å². The summed E-state index contributed by atoms with van der Waals surface area (Å²) < 4.78 is 12.9. The number of amides is 1. The predicted octanol–water partition coefficient (Wildman–Crippen LogP) is 4.04. The van der Waals surface area contributed by atoms with Crippen LogP contribution < -0.4 is 20.2 Å². The first-order chi connectivity index (χ1) is 15.6. The van der Waals surface area contributed by atoms with E-state index in [9.17, 15) is 4.79 Å². The number of anilines is 1. The molecule has 1 aliphatic heterocycles. The summed E-state index contributed by atoms with van der Waals surface area (Å²) in [5.41, 5.74) is 5.15. The molecule has 0 fully saturated rings. The summed E-state index contributed by atoms with van der Waals surface area (Å²) >= 11 is 1.41. The maximum atomic E-state index is 13.3. The number of rotatable bonds is 8. The molecule has 0 saturated carbocycles. The summed E-state index contributed by atoms with van der Waals surface area (Å²) in [5.74, 6) is 2.28. The number of carbonyl (C=O) groups excluding carboxylic acids is 1. The Kier molecular flexibility index (Phi) is 6.84. The zero-order valence-corrected chi connectivity index (χ0v) is 19.2. The van der Waals surface area contributed by atoms with Gasteiger partial charge in [-0.1, -0.05) is 30.8 Å². The minimum absolute atomic E-state index is 0.113. The number of ether oxygens (including phenoxy) is 2. The molecule has 32 heavy (non-hydrogen) atoms. The molecule has 2 heterocycles. The number of fused-ring (bicyclic) bond motifs is 1. The number of thioether (sulfide) groups is 1. The molecule has 2 N–H and O–H groups in total. The zero-order chi connectivity index (χ0) is 22.5. The third-order valence-corrected chi connectivity index (χ3v) is 6.28. The minimum Gasteiger partial charge on any atom is -0.494 e. The lowest BCUT2D eigenvalue weighted by Crippen LogP contribution is -2.41. The molecule has 1 aromatic heterocycles. The summed E-state index contributed by atoms with van der Waals surface area (Å²) in [6.45, 7) is 7.12. The highest BCUT2D eigenvalue weighted by molar-refractivity contribution is 8.00. The maximum Gasteiger partial charge on any atom is 0.240 e. The Morgan fingerprint density at radius 1 is 1.00 bits per heavy atom. The fraction of sp³-hybridized carbons (Fsp3) is 0.348. The van der Waals surface area contributed by atoms with Crippen molar-refractivity contribution >= 4 is 23.4 Å². The van der Waals surface area contributed by atoms with Crippen LogP contribution in [0, 0.1) is 0 Å². The number of nitrogens with one attached hydrogen (secondary N) is 2. The largest absolute Gasteiger partial charge is 0.494 e. The second-order valence-corrected chi connectivity index (χ2v) is 8.29. The Bertz CT molecular complexity index is 1050. The van der Waals surface area contributed by atoms with Crippen molar-refractivity contribution in [1.29, 1.82) is 0 Å². The monoisotopic (exact) mass is 453 g/mol. The van der Waals surface area contributed by atoms with E-state index < -0.39 is 5.25 Å². The highest BCUT2D eigenvalue weighted by Gasteiger charge is 2.37. The smallest absolute Gasteiger partial charge is 0.240 e. The average molecular weight is 454 g/mol. The number of nitrogens with zero attached hydrogens (tertiary/aromatic N) is 3. The Morgan fingerprint density at radius 2 is 1.62 bits per heavy atom. The van der Waals surface area contributed by atoms with E-state index in [0.29, 0.717) is 24.1 Å². The van der Waals surface area contributed by atoms with E-state index >= 15 is 0 Å². The molecule has 1 amide bonds. The SMILES string of the molecule is CCOc1ccc(NC(=O)[C@H]2Sc3nnc(CC)n3N[C@@H]2c2ccc(OCC)cc2)cc1. The highest BCUT2D eigenvalue weighted by atomic mass is 32.2. The first kappa shape index (κ1) is 22.0. The van der Waals surface area contributed by atoms with Gasteiger partial charge in [0.25, 0.3) is 0 Å². The topological polar surface area (TPSA) is 90.3 Å². The predicted molar refractivity (Wildman–Crippen MR) is 125 cm³/mol. The Morgan fingerprint density at radius 3 is 2.22 bits per heavy atom. The van der Waals surface area contributed by atoms with E-state index in [0.717, 1.165) is 29.3 Å². The minimum atomic E-state index is -0.444. The standard InChI is InChI=1S/C23H27N5O3S/c1-4-19-25-26-23-28(19)27-20(15-7-11-17(12-8-15)30-5-2)21(32-23)22(29)24-16-9-13-18(14-10-16)31-6-3/h7-14,20-21,27H,4-6H2,1-3H3,(H,24,29)/t20-,21+/m1/s1. The van der Waals surface area contributed by atoms with E-state index in [-0.39, 0.29) is 11.9 Å². The quantitative estimate of drug-likeness (QED) is 0.532. The first-order valence-corrected chi connectivity index (χ1v) is 11.6. The zero-order valence-electron chi connectivity index (χ0n) is 18.4. The summed E-state index contributed by atoms with van der Waals surface area (Å²) in [7, 11) is 0. The molecule has 3 aromatic rings. The number of carbonyl (C=O) groups is 1. The van der Waals surface area contributed by atoms with Gasteiger partial charge in [0.2, 0.25) is 11.1 Å². The highest BCUT2D eigenvalue weighted by Crippen LogP contribution is 2.38. The van der Waals surface area contributed by atoms with Gasteiger partial charge in [-0.15, -0.1) is 10.2 Å². The van der Waals surface area contributed by atoms with Gasteiger partial charge in [-0.3, -0.25) is 4.79 Å². The molecule has 4 rings (SSSR count). The maximum absolute atomic E-state index is 13.3. The van der Waals surface area contributed by atoms with E-state index in [1.807, 2.05) is 74.0 Å². The van der Waals surface area contributed by atoms with Crippen molar-refractivity contribution in [2.24, 2.45) is 0 Å². The molecular formula is C23H27N5O3S. The van der Waals surface area contributed by atoms with Crippen LogP contribution in [0.1, 0.15) is 38.2 Å². The second kappa shape index (κ2) is 9.95. The van der Waals surface area contributed by atoms with E-state index in [1.54, 1.807) is 0 Å². The van der Waals surface area contributed by atoms with Crippen molar-refractivity contribution in [3.63, 3.8) is 0 Å². The molecule has 9 heteroatoms. The normalized spacial score (nSPS) is 17.2. The van der Waals surface area contributed by atoms with E-state index in [4.69, 9.17) is 9.47 Å². The van der Waals surface area contributed by atoms with Gasteiger partial charge in [0.05, 0.1) is 19.3 Å². The third kappa shape index (κ3) is 4.67. The summed E-state index contributed by atoms with van der Waals surface area (Å²) in [4.78, 5) is 13.3. The summed E-state index contributed by atoms with van der Waals surface area (Å²) in [6.07, 6.45) is 0.736. The Labute approximate surface area is 191 Å². The molecule has 2 atom stereocenters. The summed E-state index contributed by atoms with van der Waals surface area (Å²) in [5, 5.41) is 11.8. The van der Waals surface area contributed by atoms with Gasteiger partial charge in [0, 0.05) is 12.1 Å². The van der Waals surface area contributed by atoms with Gasteiger partial charge in [-0.2, -0.15) is 0 Å². The number of aryl methyl sites for hydroxylation is 1. The fourth-order valence-electron chi connectivity index (χ4n) is 3.53. The van der Waals surface area contributed by atoms with Crippen LogP contribution >= 0.6 is 11.8 Å². The molecule has 168 valence electrons. The molecule has 0 aliphatic carbocycles. The average Bonchev–Trinajstić information content (AvgIpc) is 3.22. The van der Waals surface area contributed by atoms with Crippen molar-refractivity contribution in [2.75, 3.05) is 24.0 Å². The summed E-state index contributed by atoms with van der Waals surface area (Å²) in [6, 6.07) is 14.9. The van der Waals surface area contributed by atoms with Crippen LogP contribution in [0.4, 0.5) is 5.69 Å². The molecule has 0 saturated heterocycles. The van der Waals surface area contributed by atoms with E-state index in [1.165, 1.54) is 11.8 Å². The van der Waals surface area contributed by atoms with Gasteiger partial charge < -0.3 is 20.2 Å². The van der Waals surface area contributed by atoms with Crippen molar-refractivity contribution in [3.05, 3.63) is 59.9 Å². The molecule has 2 aromatic carbocycles. The molecule has 0 radical (unpaired) electrons. The number of aromatic nitrogens is 3. The van der Waals surface area contributed by atoms with Gasteiger partial charge in [0.1, 0.15) is 16.7 Å². The Hall–Kier alpha value is -3.20. The molecule has 8 nitrogen and oxygen atoms in total. The van der Waals surface area contributed by atoms with Gasteiger partial charge in [-0.05, 0) is 55.8 Å². The lowest BCUT2D eigenvalue weighted by atomic mass is 10.0. The molecular weight excluding hydrogens is 426 g/mol. The second-order valence-electron chi connectivity index (χ2n) is 7.18.